The highest BCUT2D eigenvalue weighted by molar-refractivity contribution is 5.92. The van der Waals surface area contributed by atoms with E-state index in [2.05, 4.69) is 5.32 Å². The molecule has 0 aromatic heterocycles. The molecule has 1 rings (SSSR count). The minimum Gasteiger partial charge on any atom is -0.494 e. The summed E-state index contributed by atoms with van der Waals surface area (Å²) >= 11 is 0. The number of nitrogens with one attached hydrogen (secondary N) is 1. The lowest BCUT2D eigenvalue weighted by molar-refractivity contribution is -0.116. The first kappa shape index (κ1) is 14.3. The Morgan fingerprint density at radius 2 is 2.22 bits per heavy atom. The molecule has 0 aliphatic rings. The summed E-state index contributed by atoms with van der Waals surface area (Å²) in [5.41, 5.74) is 6.87. The fourth-order valence-corrected chi connectivity index (χ4v) is 1.50. The molecule has 0 spiro atoms. The number of nitrogen functional groups attached to an aromatic ring is 1. The SMILES string of the molecule is CCOCCCC(=O)Nc1ccc(N)cc1OC. The number of carbonyl (C=O) groups is 1. The standard InChI is InChI=1S/C13H20N2O3/c1-3-18-8-4-5-13(16)15-11-7-6-10(14)9-12(11)17-2/h6-7,9H,3-5,8,14H2,1-2H3,(H,15,16). The first-order valence-corrected chi connectivity index (χ1v) is 5.98. The fourth-order valence-electron chi connectivity index (χ4n) is 1.50. The lowest BCUT2D eigenvalue weighted by Crippen LogP contribution is -2.13. The second-order valence-electron chi connectivity index (χ2n) is 3.81. The predicted molar refractivity (Wildman–Crippen MR) is 71.8 cm³/mol. The van der Waals surface area contributed by atoms with Gasteiger partial charge in [-0.3, -0.25) is 4.79 Å². The first-order valence-electron chi connectivity index (χ1n) is 5.98. The van der Waals surface area contributed by atoms with Crippen molar-refractivity contribution in [3.8, 4) is 5.75 Å². The van der Waals surface area contributed by atoms with Crippen molar-refractivity contribution < 1.29 is 14.3 Å². The van der Waals surface area contributed by atoms with Crippen LogP contribution >= 0.6 is 0 Å². The van der Waals surface area contributed by atoms with Gasteiger partial charge in [0, 0.05) is 31.4 Å². The number of hydrogen-bond acceptors (Lipinski definition) is 4. The second kappa shape index (κ2) is 7.55. The van der Waals surface area contributed by atoms with Crippen LogP contribution in [0.25, 0.3) is 0 Å². The Labute approximate surface area is 107 Å². The number of anilines is 2. The van der Waals surface area contributed by atoms with Crippen molar-refractivity contribution in [1.82, 2.24) is 0 Å². The van der Waals surface area contributed by atoms with Crippen LogP contribution in [-0.2, 0) is 9.53 Å². The lowest BCUT2D eigenvalue weighted by atomic mass is 10.2. The summed E-state index contributed by atoms with van der Waals surface area (Å²) in [6, 6.07) is 5.13. The van der Waals surface area contributed by atoms with Crippen molar-refractivity contribution in [2.45, 2.75) is 19.8 Å². The predicted octanol–water partition coefficient (Wildman–Crippen LogP) is 2.03. The van der Waals surface area contributed by atoms with Gasteiger partial charge in [-0.05, 0) is 25.5 Å². The molecule has 0 saturated carbocycles. The maximum absolute atomic E-state index is 11.7. The monoisotopic (exact) mass is 252 g/mol. The van der Waals surface area contributed by atoms with Gasteiger partial charge in [-0.15, -0.1) is 0 Å². The van der Waals surface area contributed by atoms with Gasteiger partial charge >= 0.3 is 0 Å². The Morgan fingerprint density at radius 3 is 2.89 bits per heavy atom. The molecule has 0 aliphatic heterocycles. The maximum Gasteiger partial charge on any atom is 0.224 e. The van der Waals surface area contributed by atoms with Gasteiger partial charge in [-0.25, -0.2) is 0 Å². The largest absolute Gasteiger partial charge is 0.494 e. The number of amides is 1. The third-order valence-electron chi connectivity index (χ3n) is 2.40. The Balaban J connectivity index is 2.48. The van der Waals surface area contributed by atoms with Gasteiger partial charge in [0.2, 0.25) is 5.91 Å². The zero-order valence-electron chi connectivity index (χ0n) is 10.9. The fraction of sp³-hybridized carbons (Fsp3) is 0.462. The number of nitrogens with two attached hydrogens (primary N) is 1. The zero-order chi connectivity index (χ0) is 13.4. The number of methoxy groups -OCH3 is 1. The number of ether oxygens (including phenoxy) is 2. The Kier molecular flexibility index (Phi) is 6.00. The Hall–Kier alpha value is -1.75. The normalized spacial score (nSPS) is 10.1. The van der Waals surface area contributed by atoms with Crippen LogP contribution in [0.5, 0.6) is 5.75 Å². The van der Waals surface area contributed by atoms with Gasteiger partial charge in [0.1, 0.15) is 5.75 Å². The van der Waals surface area contributed by atoms with E-state index in [1.807, 2.05) is 6.92 Å². The summed E-state index contributed by atoms with van der Waals surface area (Å²) in [6.07, 6.45) is 1.13. The number of hydrogen-bond donors (Lipinski definition) is 2. The van der Waals surface area contributed by atoms with Gasteiger partial charge in [0.05, 0.1) is 12.8 Å². The molecule has 0 saturated heterocycles. The van der Waals surface area contributed by atoms with Crippen LogP contribution in [0, 0.1) is 0 Å². The zero-order valence-corrected chi connectivity index (χ0v) is 10.9. The molecule has 0 fully saturated rings. The first-order chi connectivity index (χ1) is 8.67. The van der Waals surface area contributed by atoms with Crippen LogP contribution in [0.4, 0.5) is 11.4 Å². The third kappa shape index (κ3) is 4.63. The van der Waals surface area contributed by atoms with Crippen molar-refractivity contribution in [2.24, 2.45) is 0 Å². The average molecular weight is 252 g/mol. The van der Waals surface area contributed by atoms with Crippen molar-refractivity contribution in [3.63, 3.8) is 0 Å². The molecule has 1 aromatic carbocycles. The van der Waals surface area contributed by atoms with E-state index in [-0.39, 0.29) is 5.91 Å². The molecule has 0 aliphatic carbocycles. The van der Waals surface area contributed by atoms with Crippen LogP contribution in [0.15, 0.2) is 18.2 Å². The summed E-state index contributed by atoms with van der Waals surface area (Å²) in [5.74, 6) is 0.505. The molecule has 0 atom stereocenters. The highest BCUT2D eigenvalue weighted by Gasteiger charge is 2.07. The molecule has 100 valence electrons. The van der Waals surface area contributed by atoms with E-state index in [0.29, 0.717) is 43.2 Å². The van der Waals surface area contributed by atoms with Gasteiger partial charge in [0.25, 0.3) is 0 Å². The van der Waals surface area contributed by atoms with Crippen LogP contribution in [0.1, 0.15) is 19.8 Å². The highest BCUT2D eigenvalue weighted by Crippen LogP contribution is 2.26. The van der Waals surface area contributed by atoms with Crippen LogP contribution < -0.4 is 15.8 Å². The minimum absolute atomic E-state index is 0.0576. The van der Waals surface area contributed by atoms with Crippen LogP contribution in [-0.4, -0.2) is 26.2 Å². The summed E-state index contributed by atoms with van der Waals surface area (Å²) in [6.45, 7) is 3.20. The molecule has 3 N–H and O–H groups in total. The molecule has 5 nitrogen and oxygen atoms in total. The van der Waals surface area contributed by atoms with E-state index in [0.717, 1.165) is 0 Å². The summed E-state index contributed by atoms with van der Waals surface area (Å²) in [7, 11) is 1.54. The molecular weight excluding hydrogens is 232 g/mol. The van der Waals surface area contributed by atoms with E-state index >= 15 is 0 Å². The number of carbonyl (C=O) groups excluding carboxylic acids is 1. The van der Waals surface area contributed by atoms with Crippen molar-refractivity contribution in [1.29, 1.82) is 0 Å². The average Bonchev–Trinajstić information content (AvgIpc) is 2.37. The van der Waals surface area contributed by atoms with Crippen LogP contribution in [0.2, 0.25) is 0 Å². The molecular formula is C13H20N2O3. The molecule has 18 heavy (non-hydrogen) atoms. The van der Waals surface area contributed by atoms with Gasteiger partial charge < -0.3 is 20.5 Å². The van der Waals surface area contributed by atoms with Crippen molar-refractivity contribution in [3.05, 3.63) is 18.2 Å². The second-order valence-corrected chi connectivity index (χ2v) is 3.81. The van der Waals surface area contributed by atoms with Crippen LogP contribution in [0.3, 0.4) is 0 Å². The molecule has 1 amide bonds. The number of rotatable bonds is 7. The van der Waals surface area contributed by atoms with Gasteiger partial charge in [0.15, 0.2) is 0 Å². The summed E-state index contributed by atoms with van der Waals surface area (Å²) < 4.78 is 10.3. The molecule has 0 heterocycles. The molecule has 0 radical (unpaired) electrons. The Morgan fingerprint density at radius 1 is 1.44 bits per heavy atom. The summed E-state index contributed by atoms with van der Waals surface area (Å²) in [5, 5.41) is 2.79. The van der Waals surface area contributed by atoms with E-state index in [4.69, 9.17) is 15.2 Å². The van der Waals surface area contributed by atoms with E-state index in [9.17, 15) is 4.79 Å². The van der Waals surface area contributed by atoms with E-state index in [1.165, 1.54) is 0 Å². The topological polar surface area (TPSA) is 73.6 Å². The molecule has 5 heteroatoms. The van der Waals surface area contributed by atoms with Crippen molar-refractivity contribution in [2.75, 3.05) is 31.4 Å². The third-order valence-corrected chi connectivity index (χ3v) is 2.40. The minimum atomic E-state index is -0.0576. The van der Waals surface area contributed by atoms with E-state index in [1.54, 1.807) is 25.3 Å². The maximum atomic E-state index is 11.7. The molecule has 1 aromatic rings. The van der Waals surface area contributed by atoms with Gasteiger partial charge in [-0.1, -0.05) is 0 Å². The number of benzene rings is 1. The Bertz CT molecular complexity index is 394. The lowest BCUT2D eigenvalue weighted by Gasteiger charge is -2.10. The molecule has 0 unspecified atom stereocenters. The quantitative estimate of drug-likeness (QED) is 0.575. The smallest absolute Gasteiger partial charge is 0.224 e. The van der Waals surface area contributed by atoms with E-state index < -0.39 is 0 Å². The van der Waals surface area contributed by atoms with Crippen molar-refractivity contribution >= 4 is 17.3 Å². The summed E-state index contributed by atoms with van der Waals surface area (Å²) in [4.78, 5) is 11.7. The molecule has 0 bridgehead atoms. The highest BCUT2D eigenvalue weighted by atomic mass is 16.5. The van der Waals surface area contributed by atoms with Gasteiger partial charge in [-0.2, -0.15) is 0 Å².